The summed E-state index contributed by atoms with van der Waals surface area (Å²) >= 11 is 1.19. The quantitative estimate of drug-likeness (QED) is 0.399. The molecular formula is C25H34N4O5S3. The fraction of sp³-hybridized carbons (Fsp3) is 0.440. The van der Waals surface area contributed by atoms with Crippen molar-refractivity contribution in [3.8, 4) is 0 Å². The van der Waals surface area contributed by atoms with Gasteiger partial charge in [-0.05, 0) is 60.7 Å². The predicted octanol–water partition coefficient (Wildman–Crippen LogP) is 3.80. The van der Waals surface area contributed by atoms with Crippen molar-refractivity contribution in [2.75, 3.05) is 13.1 Å². The SMILES string of the molecule is CCCn1c(=NC(=O)c2ccc(S(=O)(=O)N(CC(C)C)CC(C)C)cc2)sc2cc(S(N)(=O)=O)ccc21. The summed E-state index contributed by atoms with van der Waals surface area (Å²) in [5, 5.41) is 5.26. The van der Waals surface area contributed by atoms with Gasteiger partial charge in [0, 0.05) is 25.2 Å². The van der Waals surface area contributed by atoms with Crippen molar-refractivity contribution >= 4 is 47.5 Å². The Morgan fingerprint density at radius 3 is 2.05 bits per heavy atom. The smallest absolute Gasteiger partial charge is 0.279 e. The third-order valence-electron chi connectivity index (χ3n) is 5.50. The molecule has 2 N–H and O–H groups in total. The summed E-state index contributed by atoms with van der Waals surface area (Å²) in [6, 6.07) is 10.4. The highest BCUT2D eigenvalue weighted by molar-refractivity contribution is 7.89. The summed E-state index contributed by atoms with van der Waals surface area (Å²) in [5.74, 6) is -0.177. The van der Waals surface area contributed by atoms with Gasteiger partial charge in [0.05, 0.1) is 20.0 Å². The maximum atomic E-state index is 13.3. The Bertz CT molecular complexity index is 1540. The molecule has 0 unspecified atom stereocenters. The molecule has 0 saturated heterocycles. The van der Waals surface area contributed by atoms with E-state index in [9.17, 15) is 21.6 Å². The van der Waals surface area contributed by atoms with Crippen LogP contribution in [0.5, 0.6) is 0 Å². The molecule has 3 aromatic rings. The summed E-state index contributed by atoms with van der Waals surface area (Å²) in [6.07, 6.45) is 0.778. The van der Waals surface area contributed by atoms with Crippen molar-refractivity contribution in [3.63, 3.8) is 0 Å². The third kappa shape index (κ3) is 6.94. The van der Waals surface area contributed by atoms with Crippen LogP contribution in [-0.4, -0.2) is 44.7 Å². The van der Waals surface area contributed by atoms with Gasteiger partial charge in [0.15, 0.2) is 4.80 Å². The second-order valence-electron chi connectivity index (χ2n) is 9.76. The molecular weight excluding hydrogens is 532 g/mol. The minimum atomic E-state index is -3.87. The number of nitrogens with two attached hydrogens (primary N) is 1. The molecule has 202 valence electrons. The first-order valence-corrected chi connectivity index (χ1v) is 15.9. The molecule has 0 radical (unpaired) electrons. The Labute approximate surface area is 222 Å². The number of hydrogen-bond donors (Lipinski definition) is 1. The first-order chi connectivity index (χ1) is 17.2. The third-order valence-corrected chi connectivity index (χ3v) is 9.30. The minimum Gasteiger partial charge on any atom is -0.316 e. The lowest BCUT2D eigenvalue weighted by molar-refractivity contribution is 0.0997. The Balaban J connectivity index is 1.98. The Morgan fingerprint density at radius 1 is 0.973 bits per heavy atom. The molecule has 0 saturated carbocycles. The van der Waals surface area contributed by atoms with E-state index < -0.39 is 26.0 Å². The van der Waals surface area contributed by atoms with Crippen LogP contribution in [0.2, 0.25) is 0 Å². The van der Waals surface area contributed by atoms with Gasteiger partial charge >= 0.3 is 0 Å². The normalized spacial score (nSPS) is 13.4. The van der Waals surface area contributed by atoms with E-state index in [2.05, 4.69) is 4.99 Å². The van der Waals surface area contributed by atoms with Crippen molar-refractivity contribution in [1.29, 1.82) is 0 Å². The average molecular weight is 567 g/mol. The number of nitrogens with zero attached hydrogens (tertiary/aromatic N) is 3. The zero-order valence-electron chi connectivity index (χ0n) is 21.7. The number of rotatable bonds is 10. The number of fused-ring (bicyclic) bond motifs is 1. The lowest BCUT2D eigenvalue weighted by Gasteiger charge is -2.25. The zero-order valence-corrected chi connectivity index (χ0v) is 24.2. The lowest BCUT2D eigenvalue weighted by Crippen LogP contribution is -2.37. The van der Waals surface area contributed by atoms with E-state index in [0.717, 1.165) is 11.9 Å². The van der Waals surface area contributed by atoms with Gasteiger partial charge in [-0.2, -0.15) is 9.30 Å². The molecule has 0 bridgehead atoms. The number of benzene rings is 2. The summed E-state index contributed by atoms with van der Waals surface area (Å²) in [6.45, 7) is 11.3. The highest BCUT2D eigenvalue weighted by atomic mass is 32.2. The molecule has 37 heavy (non-hydrogen) atoms. The van der Waals surface area contributed by atoms with Crippen LogP contribution in [0.3, 0.4) is 0 Å². The summed E-state index contributed by atoms with van der Waals surface area (Å²) in [7, 11) is -7.58. The van der Waals surface area contributed by atoms with Gasteiger partial charge in [-0.1, -0.05) is 46.0 Å². The largest absolute Gasteiger partial charge is 0.316 e. The molecule has 0 aliphatic heterocycles. The van der Waals surface area contributed by atoms with Crippen LogP contribution >= 0.6 is 11.3 Å². The molecule has 3 rings (SSSR count). The number of amides is 1. The van der Waals surface area contributed by atoms with Crippen LogP contribution in [0.15, 0.2) is 57.2 Å². The summed E-state index contributed by atoms with van der Waals surface area (Å²) in [5.41, 5.74) is 1.01. The number of sulfonamides is 2. The second kappa shape index (κ2) is 11.6. The fourth-order valence-corrected chi connectivity index (χ4v) is 7.39. The van der Waals surface area contributed by atoms with Gasteiger partial charge < -0.3 is 4.57 Å². The second-order valence-corrected chi connectivity index (χ2v) is 14.3. The van der Waals surface area contributed by atoms with Gasteiger partial charge in [-0.25, -0.2) is 22.0 Å². The standard InChI is InChI=1S/C25H34N4O5S3/c1-6-13-29-22-12-11-21(36(26,31)32)14-23(22)35-25(29)27-24(30)19-7-9-20(10-8-19)37(33,34)28(15-17(2)3)16-18(4)5/h7-12,14,17-18H,6,13,15-16H2,1-5H3,(H2,26,31,32). The Morgan fingerprint density at radius 2 is 1.54 bits per heavy atom. The molecule has 0 spiro atoms. The molecule has 12 heteroatoms. The highest BCUT2D eigenvalue weighted by Crippen LogP contribution is 2.23. The van der Waals surface area contributed by atoms with Crippen molar-refractivity contribution in [2.45, 2.75) is 57.4 Å². The molecule has 9 nitrogen and oxygen atoms in total. The highest BCUT2D eigenvalue weighted by Gasteiger charge is 2.26. The van der Waals surface area contributed by atoms with E-state index in [4.69, 9.17) is 5.14 Å². The molecule has 2 aromatic carbocycles. The molecule has 0 atom stereocenters. The number of aromatic nitrogens is 1. The average Bonchev–Trinajstić information content (AvgIpc) is 3.14. The number of hydrogen-bond acceptors (Lipinski definition) is 6. The first-order valence-electron chi connectivity index (χ1n) is 12.1. The fourth-order valence-electron chi connectivity index (χ4n) is 3.91. The van der Waals surface area contributed by atoms with Crippen LogP contribution in [0.4, 0.5) is 0 Å². The first kappa shape index (κ1) is 29.2. The summed E-state index contributed by atoms with van der Waals surface area (Å²) < 4.78 is 54.0. The van der Waals surface area contributed by atoms with E-state index in [-0.39, 0.29) is 27.2 Å². The van der Waals surface area contributed by atoms with E-state index in [1.165, 1.54) is 52.0 Å². The Hall–Kier alpha value is -2.38. The van der Waals surface area contributed by atoms with E-state index in [1.807, 2.05) is 39.2 Å². The zero-order chi connectivity index (χ0) is 27.5. The molecule has 1 amide bonds. The van der Waals surface area contributed by atoms with E-state index >= 15 is 0 Å². The number of primary sulfonamides is 1. The number of thiazole rings is 1. The molecule has 1 heterocycles. The molecule has 1 aromatic heterocycles. The van der Waals surface area contributed by atoms with Crippen LogP contribution in [0, 0.1) is 11.8 Å². The molecule has 0 fully saturated rings. The summed E-state index contributed by atoms with van der Waals surface area (Å²) in [4.78, 5) is 17.8. The number of carbonyl (C=O) groups excluding carboxylic acids is 1. The van der Waals surface area contributed by atoms with Crippen molar-refractivity contribution in [2.24, 2.45) is 22.0 Å². The van der Waals surface area contributed by atoms with Crippen molar-refractivity contribution < 1.29 is 21.6 Å². The van der Waals surface area contributed by atoms with Gasteiger partial charge in [-0.15, -0.1) is 0 Å². The maximum Gasteiger partial charge on any atom is 0.279 e. The van der Waals surface area contributed by atoms with E-state index in [0.29, 0.717) is 29.1 Å². The van der Waals surface area contributed by atoms with Gasteiger partial charge in [0.2, 0.25) is 20.0 Å². The minimum absolute atomic E-state index is 0.0106. The van der Waals surface area contributed by atoms with Crippen LogP contribution in [0.1, 0.15) is 51.4 Å². The van der Waals surface area contributed by atoms with Crippen molar-refractivity contribution in [3.05, 3.63) is 52.8 Å². The van der Waals surface area contributed by atoms with Gasteiger partial charge in [0.1, 0.15) is 0 Å². The monoisotopic (exact) mass is 566 g/mol. The number of carbonyl (C=O) groups is 1. The van der Waals surface area contributed by atoms with Gasteiger partial charge in [-0.3, -0.25) is 4.79 Å². The van der Waals surface area contributed by atoms with Crippen LogP contribution in [0.25, 0.3) is 10.2 Å². The van der Waals surface area contributed by atoms with E-state index in [1.54, 1.807) is 6.07 Å². The van der Waals surface area contributed by atoms with Crippen LogP contribution in [-0.2, 0) is 26.6 Å². The van der Waals surface area contributed by atoms with Crippen LogP contribution < -0.4 is 9.94 Å². The lowest BCUT2D eigenvalue weighted by atomic mass is 10.2. The van der Waals surface area contributed by atoms with Gasteiger partial charge in [0.25, 0.3) is 5.91 Å². The molecule has 0 aliphatic carbocycles. The Kier molecular flexibility index (Phi) is 9.12. The predicted molar refractivity (Wildman–Crippen MR) is 146 cm³/mol. The number of aryl methyl sites for hydroxylation is 1. The maximum absolute atomic E-state index is 13.3. The molecule has 0 aliphatic rings. The van der Waals surface area contributed by atoms with Crippen molar-refractivity contribution in [1.82, 2.24) is 8.87 Å². The topological polar surface area (TPSA) is 132 Å².